The fraction of sp³-hybridized carbons (Fsp3) is 0.636. The van der Waals surface area contributed by atoms with Crippen LogP contribution in [0.1, 0.15) is 43.2 Å². The molecule has 2 saturated heterocycles. The van der Waals surface area contributed by atoms with Crippen molar-refractivity contribution in [1.82, 2.24) is 15.1 Å². The van der Waals surface area contributed by atoms with Crippen LogP contribution in [0.5, 0.6) is 0 Å². The van der Waals surface area contributed by atoms with Gasteiger partial charge in [-0.2, -0.15) is 0 Å². The second kappa shape index (κ2) is 8.95. The molecule has 2 fully saturated rings. The molecule has 1 aromatic rings. The highest BCUT2D eigenvalue weighted by Gasteiger charge is 2.41. The van der Waals surface area contributed by atoms with Crippen molar-refractivity contribution in [2.45, 2.75) is 51.2 Å². The van der Waals surface area contributed by atoms with E-state index >= 15 is 0 Å². The maximum atomic E-state index is 12.5. The molecule has 1 aromatic carbocycles. The van der Waals surface area contributed by atoms with Crippen molar-refractivity contribution in [2.24, 2.45) is 5.92 Å². The molecule has 0 bridgehead atoms. The van der Waals surface area contributed by atoms with Crippen LogP contribution in [0.2, 0.25) is 0 Å². The van der Waals surface area contributed by atoms with Crippen LogP contribution >= 0.6 is 0 Å². The van der Waals surface area contributed by atoms with Crippen molar-refractivity contribution < 1.29 is 14.3 Å². The quantitative estimate of drug-likeness (QED) is 0.864. The minimum atomic E-state index is -0.163. The zero-order valence-electron chi connectivity index (χ0n) is 17.4. The van der Waals surface area contributed by atoms with Crippen molar-refractivity contribution in [3.8, 4) is 0 Å². The molecule has 0 aromatic heterocycles. The molecule has 1 spiro atoms. The standard InChI is InChI=1S/C22H33N3O3/c1-17-4-6-18(7-5-17)16-23-21(27)25-11-9-22(10-12-25)15-19(8-13-28-22)14-20(26)24(2)3/h4-7,19H,8-16H2,1-3H3,(H,23,27). The molecule has 1 atom stereocenters. The number of nitrogens with zero attached hydrogens (tertiary/aromatic N) is 2. The van der Waals surface area contributed by atoms with Crippen molar-refractivity contribution in [3.63, 3.8) is 0 Å². The third kappa shape index (κ3) is 5.25. The lowest BCUT2D eigenvalue weighted by atomic mass is 9.78. The number of benzene rings is 1. The first-order valence-corrected chi connectivity index (χ1v) is 10.3. The number of aryl methyl sites for hydroxylation is 1. The highest BCUT2D eigenvalue weighted by Crippen LogP contribution is 2.38. The fourth-order valence-corrected chi connectivity index (χ4v) is 4.19. The molecule has 0 radical (unpaired) electrons. The van der Waals surface area contributed by atoms with Gasteiger partial charge in [0.1, 0.15) is 0 Å². The van der Waals surface area contributed by atoms with Crippen LogP contribution in [0.15, 0.2) is 24.3 Å². The van der Waals surface area contributed by atoms with Gasteiger partial charge in [0.05, 0.1) is 5.60 Å². The van der Waals surface area contributed by atoms with Crippen LogP contribution in [0.25, 0.3) is 0 Å². The first-order chi connectivity index (χ1) is 13.4. The molecule has 6 nitrogen and oxygen atoms in total. The van der Waals surface area contributed by atoms with Gasteiger partial charge >= 0.3 is 6.03 Å². The molecule has 0 saturated carbocycles. The highest BCUT2D eigenvalue weighted by molar-refractivity contribution is 5.76. The molecular weight excluding hydrogens is 354 g/mol. The lowest BCUT2D eigenvalue weighted by molar-refractivity contribution is -0.138. The van der Waals surface area contributed by atoms with Crippen LogP contribution in [0.3, 0.4) is 0 Å². The molecule has 3 rings (SSSR count). The van der Waals surface area contributed by atoms with Crippen LogP contribution in [-0.4, -0.2) is 61.1 Å². The number of nitrogens with one attached hydrogen (secondary N) is 1. The first kappa shape index (κ1) is 20.6. The van der Waals surface area contributed by atoms with E-state index in [0.29, 0.717) is 38.6 Å². The monoisotopic (exact) mass is 387 g/mol. The lowest BCUT2D eigenvalue weighted by Crippen LogP contribution is -2.53. The van der Waals surface area contributed by atoms with Gasteiger partial charge in [0.25, 0.3) is 0 Å². The number of hydrogen-bond acceptors (Lipinski definition) is 3. The predicted octanol–water partition coefficient (Wildman–Crippen LogP) is 2.94. The highest BCUT2D eigenvalue weighted by atomic mass is 16.5. The van der Waals surface area contributed by atoms with E-state index in [-0.39, 0.29) is 17.5 Å². The van der Waals surface area contributed by atoms with Crippen LogP contribution in [0, 0.1) is 12.8 Å². The minimum Gasteiger partial charge on any atom is -0.375 e. The number of carbonyl (C=O) groups excluding carboxylic acids is 2. The van der Waals surface area contributed by atoms with Crippen LogP contribution < -0.4 is 5.32 Å². The van der Waals surface area contributed by atoms with E-state index in [0.717, 1.165) is 31.2 Å². The summed E-state index contributed by atoms with van der Waals surface area (Å²) >= 11 is 0. The Kier molecular flexibility index (Phi) is 6.60. The summed E-state index contributed by atoms with van der Waals surface area (Å²) in [5.74, 6) is 0.570. The van der Waals surface area contributed by atoms with Gasteiger partial charge in [-0.15, -0.1) is 0 Å². The molecule has 1 unspecified atom stereocenters. The number of rotatable bonds is 4. The number of likely N-dealkylation sites (tertiary alicyclic amines) is 1. The fourth-order valence-electron chi connectivity index (χ4n) is 4.19. The molecule has 3 amide bonds. The van der Waals surface area contributed by atoms with E-state index in [1.807, 2.05) is 31.1 Å². The van der Waals surface area contributed by atoms with Gasteiger partial charge in [-0.3, -0.25) is 4.79 Å². The largest absolute Gasteiger partial charge is 0.375 e. The number of ether oxygens (including phenoxy) is 1. The molecule has 1 N–H and O–H groups in total. The predicted molar refractivity (Wildman–Crippen MR) is 109 cm³/mol. The smallest absolute Gasteiger partial charge is 0.317 e. The topological polar surface area (TPSA) is 61.9 Å². The first-order valence-electron chi connectivity index (χ1n) is 10.3. The van der Waals surface area contributed by atoms with E-state index in [4.69, 9.17) is 4.74 Å². The van der Waals surface area contributed by atoms with Gasteiger partial charge < -0.3 is 19.9 Å². The molecule has 2 aliphatic heterocycles. The molecular formula is C22H33N3O3. The van der Waals surface area contributed by atoms with E-state index in [1.54, 1.807) is 4.90 Å². The van der Waals surface area contributed by atoms with Gasteiger partial charge in [-0.1, -0.05) is 29.8 Å². The molecule has 2 aliphatic rings. The number of piperidine rings is 1. The third-order valence-electron chi connectivity index (χ3n) is 6.08. The van der Waals surface area contributed by atoms with Crippen molar-refractivity contribution in [3.05, 3.63) is 35.4 Å². The van der Waals surface area contributed by atoms with Gasteiger partial charge in [-0.25, -0.2) is 4.79 Å². The SMILES string of the molecule is Cc1ccc(CNC(=O)N2CCC3(CC2)CC(CC(=O)N(C)C)CCO3)cc1. The summed E-state index contributed by atoms with van der Waals surface area (Å²) in [5, 5.41) is 3.02. The maximum absolute atomic E-state index is 12.5. The summed E-state index contributed by atoms with van der Waals surface area (Å²) in [4.78, 5) is 28.1. The molecule has 154 valence electrons. The number of urea groups is 1. The molecule has 28 heavy (non-hydrogen) atoms. The lowest BCUT2D eigenvalue weighted by Gasteiger charge is -2.46. The zero-order chi connectivity index (χ0) is 20.1. The molecule has 0 aliphatic carbocycles. The van der Waals surface area contributed by atoms with Gasteiger partial charge in [0.2, 0.25) is 5.91 Å². The number of amides is 3. The number of carbonyl (C=O) groups is 2. The Hall–Kier alpha value is -2.08. The van der Waals surface area contributed by atoms with Gasteiger partial charge in [-0.05, 0) is 44.1 Å². The molecule has 2 heterocycles. The second-order valence-electron chi connectivity index (χ2n) is 8.51. The Balaban J connectivity index is 1.47. The minimum absolute atomic E-state index is 0.00873. The van der Waals surface area contributed by atoms with Crippen molar-refractivity contribution in [1.29, 1.82) is 0 Å². The average molecular weight is 388 g/mol. The van der Waals surface area contributed by atoms with E-state index < -0.39 is 0 Å². The normalized spacial score (nSPS) is 21.4. The van der Waals surface area contributed by atoms with Crippen molar-refractivity contribution in [2.75, 3.05) is 33.8 Å². The summed E-state index contributed by atoms with van der Waals surface area (Å²) < 4.78 is 6.16. The third-order valence-corrected chi connectivity index (χ3v) is 6.08. The summed E-state index contributed by atoms with van der Waals surface area (Å²) in [6, 6.07) is 8.21. The summed E-state index contributed by atoms with van der Waals surface area (Å²) in [5.41, 5.74) is 2.16. The maximum Gasteiger partial charge on any atom is 0.317 e. The summed E-state index contributed by atoms with van der Waals surface area (Å²) in [6.45, 7) is 4.72. The second-order valence-corrected chi connectivity index (χ2v) is 8.51. The Morgan fingerprint density at radius 1 is 1.21 bits per heavy atom. The van der Waals surface area contributed by atoms with Crippen LogP contribution in [0.4, 0.5) is 4.79 Å². The van der Waals surface area contributed by atoms with Crippen LogP contribution in [-0.2, 0) is 16.1 Å². The Labute approximate surface area is 168 Å². The Morgan fingerprint density at radius 3 is 2.54 bits per heavy atom. The Morgan fingerprint density at radius 2 is 1.89 bits per heavy atom. The summed E-state index contributed by atoms with van der Waals surface area (Å²) in [6.07, 6.45) is 4.15. The molecule has 6 heteroatoms. The average Bonchev–Trinajstić information content (AvgIpc) is 2.68. The van der Waals surface area contributed by atoms with E-state index in [9.17, 15) is 9.59 Å². The Bertz CT molecular complexity index is 679. The van der Waals surface area contributed by atoms with Gasteiger partial charge in [0, 0.05) is 46.8 Å². The van der Waals surface area contributed by atoms with E-state index in [2.05, 4.69) is 24.4 Å². The van der Waals surface area contributed by atoms with Crippen molar-refractivity contribution >= 4 is 11.9 Å². The van der Waals surface area contributed by atoms with Gasteiger partial charge in [0.15, 0.2) is 0 Å². The summed E-state index contributed by atoms with van der Waals surface area (Å²) in [7, 11) is 3.62. The van der Waals surface area contributed by atoms with E-state index in [1.165, 1.54) is 5.56 Å². The number of hydrogen-bond donors (Lipinski definition) is 1. The zero-order valence-corrected chi connectivity index (χ0v) is 17.4.